The molecule has 0 aliphatic carbocycles. The van der Waals surface area contributed by atoms with Crippen LogP contribution in [0.15, 0.2) is 40.9 Å². The predicted molar refractivity (Wildman–Crippen MR) is 107 cm³/mol. The van der Waals surface area contributed by atoms with Crippen molar-refractivity contribution >= 4 is 45.1 Å². The van der Waals surface area contributed by atoms with E-state index >= 15 is 0 Å². The summed E-state index contributed by atoms with van der Waals surface area (Å²) in [5, 5.41) is 5.46. The highest BCUT2D eigenvalue weighted by molar-refractivity contribution is 9.10. The summed E-state index contributed by atoms with van der Waals surface area (Å²) in [6.07, 6.45) is 0. The molecule has 5 nitrogen and oxygen atoms in total. The molecule has 0 radical (unpaired) electrons. The number of aromatic nitrogens is 2. The molecule has 1 aliphatic heterocycles. The molecule has 2 aromatic carbocycles. The Labute approximate surface area is 173 Å². The molecule has 1 aliphatic rings. The Morgan fingerprint density at radius 1 is 1.30 bits per heavy atom. The van der Waals surface area contributed by atoms with Crippen LogP contribution in [0, 0.1) is 0 Å². The minimum atomic E-state index is -0.498. The first-order valence-electron chi connectivity index (χ1n) is 8.16. The smallest absolute Gasteiger partial charge is 0.359 e. The highest BCUT2D eigenvalue weighted by Crippen LogP contribution is 2.42. The molecule has 138 valence electrons. The second kappa shape index (κ2) is 7.19. The van der Waals surface area contributed by atoms with Gasteiger partial charge in [-0.3, -0.25) is 0 Å². The fourth-order valence-electron chi connectivity index (χ4n) is 3.02. The third-order valence-corrected chi connectivity index (χ3v) is 5.19. The van der Waals surface area contributed by atoms with E-state index in [2.05, 4.69) is 21.0 Å². The molecule has 0 bridgehead atoms. The first kappa shape index (κ1) is 18.3. The summed E-state index contributed by atoms with van der Waals surface area (Å²) >= 11 is 15.9. The quantitative estimate of drug-likeness (QED) is 0.465. The number of carbonyl (C=O) groups excluding carboxylic acids is 1. The lowest BCUT2D eigenvalue weighted by molar-refractivity contribution is 0.0516. The van der Waals surface area contributed by atoms with Crippen molar-refractivity contribution in [2.24, 2.45) is 0 Å². The maximum absolute atomic E-state index is 12.5. The summed E-state index contributed by atoms with van der Waals surface area (Å²) in [4.78, 5) is 12.5. The molecule has 0 saturated heterocycles. The summed E-state index contributed by atoms with van der Waals surface area (Å²) in [5.41, 5.74) is 3.05. The third-order valence-electron chi connectivity index (χ3n) is 4.16. The summed E-state index contributed by atoms with van der Waals surface area (Å²) in [7, 11) is 0. The zero-order chi connectivity index (χ0) is 19.1. The van der Waals surface area contributed by atoms with Crippen LogP contribution < -0.4 is 4.74 Å². The van der Waals surface area contributed by atoms with Crippen LogP contribution in [0.25, 0.3) is 16.9 Å². The fraction of sp³-hybridized carbons (Fsp3) is 0.158. The molecule has 2 heterocycles. The summed E-state index contributed by atoms with van der Waals surface area (Å²) < 4.78 is 13.6. The van der Waals surface area contributed by atoms with Crippen molar-refractivity contribution in [3.63, 3.8) is 0 Å². The van der Waals surface area contributed by atoms with E-state index in [4.69, 9.17) is 32.7 Å². The number of halogens is 3. The van der Waals surface area contributed by atoms with Gasteiger partial charge < -0.3 is 9.47 Å². The van der Waals surface area contributed by atoms with Crippen LogP contribution in [0.5, 0.6) is 5.75 Å². The van der Waals surface area contributed by atoms with E-state index in [0.29, 0.717) is 27.0 Å². The first-order chi connectivity index (χ1) is 13.0. The molecule has 0 amide bonds. The van der Waals surface area contributed by atoms with Crippen LogP contribution in [0.3, 0.4) is 0 Å². The Morgan fingerprint density at radius 2 is 2.11 bits per heavy atom. The molecule has 0 spiro atoms. The van der Waals surface area contributed by atoms with Gasteiger partial charge in [0, 0.05) is 15.1 Å². The van der Waals surface area contributed by atoms with Crippen molar-refractivity contribution < 1.29 is 14.3 Å². The minimum Gasteiger partial charge on any atom is -0.488 e. The van der Waals surface area contributed by atoms with E-state index in [0.717, 1.165) is 15.7 Å². The molecule has 4 rings (SSSR count). The van der Waals surface area contributed by atoms with E-state index in [1.807, 2.05) is 18.2 Å². The number of fused-ring (bicyclic) bond motifs is 3. The zero-order valence-electron chi connectivity index (χ0n) is 14.1. The Bertz CT molecular complexity index is 1070. The largest absolute Gasteiger partial charge is 0.488 e. The van der Waals surface area contributed by atoms with Gasteiger partial charge in [0.25, 0.3) is 0 Å². The molecular weight excluding hydrogens is 455 g/mol. The van der Waals surface area contributed by atoms with Crippen molar-refractivity contribution in [3.8, 4) is 22.7 Å². The number of ether oxygens (including phenoxy) is 2. The molecule has 3 aromatic rings. The number of esters is 1. The molecule has 27 heavy (non-hydrogen) atoms. The predicted octanol–water partition coefficient (Wildman–Crippen LogP) is 5.68. The number of benzene rings is 2. The monoisotopic (exact) mass is 466 g/mol. The van der Waals surface area contributed by atoms with Gasteiger partial charge in [-0.2, -0.15) is 5.10 Å². The van der Waals surface area contributed by atoms with Crippen molar-refractivity contribution in [2.75, 3.05) is 6.61 Å². The molecule has 0 N–H and O–H groups in total. The van der Waals surface area contributed by atoms with Gasteiger partial charge in [-0.05, 0) is 43.3 Å². The fourth-order valence-corrected chi connectivity index (χ4v) is 3.84. The van der Waals surface area contributed by atoms with Crippen LogP contribution in [0.1, 0.15) is 23.0 Å². The number of hydrogen-bond donors (Lipinski definition) is 0. The van der Waals surface area contributed by atoms with Crippen LogP contribution in [0.2, 0.25) is 10.0 Å². The highest BCUT2D eigenvalue weighted by atomic mass is 79.9. The van der Waals surface area contributed by atoms with Crippen LogP contribution in [-0.2, 0) is 11.3 Å². The van der Waals surface area contributed by atoms with Crippen molar-refractivity contribution in [2.45, 2.75) is 13.5 Å². The average Bonchev–Trinajstić information content (AvgIpc) is 3.01. The zero-order valence-corrected chi connectivity index (χ0v) is 17.2. The van der Waals surface area contributed by atoms with Crippen LogP contribution in [0.4, 0.5) is 0 Å². The maximum Gasteiger partial charge on any atom is 0.359 e. The average molecular weight is 468 g/mol. The summed E-state index contributed by atoms with van der Waals surface area (Å²) in [6.45, 7) is 2.21. The molecule has 8 heteroatoms. The number of rotatable bonds is 3. The van der Waals surface area contributed by atoms with Gasteiger partial charge in [0.1, 0.15) is 12.4 Å². The number of carbonyl (C=O) groups is 1. The molecule has 0 unspecified atom stereocenters. The summed E-state index contributed by atoms with van der Waals surface area (Å²) in [5.74, 6) is 0.195. The van der Waals surface area contributed by atoms with Gasteiger partial charge in [-0.15, -0.1) is 0 Å². The van der Waals surface area contributed by atoms with Gasteiger partial charge in [-0.25, -0.2) is 9.48 Å². The first-order valence-corrected chi connectivity index (χ1v) is 9.71. The van der Waals surface area contributed by atoms with Crippen LogP contribution >= 0.6 is 39.1 Å². The third kappa shape index (κ3) is 3.22. The van der Waals surface area contributed by atoms with Crippen molar-refractivity contribution in [3.05, 3.63) is 62.2 Å². The molecule has 0 atom stereocenters. The number of nitrogens with zero attached hydrogens (tertiary/aromatic N) is 2. The van der Waals surface area contributed by atoms with Crippen LogP contribution in [-0.4, -0.2) is 22.4 Å². The van der Waals surface area contributed by atoms with E-state index in [1.54, 1.807) is 29.8 Å². The lowest BCUT2D eigenvalue weighted by Gasteiger charge is -2.20. The Balaban J connectivity index is 1.99. The maximum atomic E-state index is 12.5. The molecule has 1 aromatic heterocycles. The topological polar surface area (TPSA) is 53.3 Å². The molecule has 0 saturated carbocycles. The Hall–Kier alpha value is -2.02. The Morgan fingerprint density at radius 3 is 2.85 bits per heavy atom. The Kier molecular flexibility index (Phi) is 4.88. The standard InChI is InChI=1S/C19H13BrCl2N2O3/c1-2-26-19(25)17-13-9-27-16-7-10(20)3-5-12(16)18(13)24(23-17)15-6-4-11(21)8-14(15)22/h3-8H,2,9H2,1H3. The number of hydrogen-bond acceptors (Lipinski definition) is 4. The van der Waals surface area contributed by atoms with Crippen molar-refractivity contribution in [1.29, 1.82) is 0 Å². The second-order valence-electron chi connectivity index (χ2n) is 5.83. The lowest BCUT2D eigenvalue weighted by Crippen LogP contribution is -2.11. The van der Waals surface area contributed by atoms with E-state index in [9.17, 15) is 4.79 Å². The van der Waals surface area contributed by atoms with Gasteiger partial charge in [-0.1, -0.05) is 39.1 Å². The van der Waals surface area contributed by atoms with E-state index < -0.39 is 5.97 Å². The van der Waals surface area contributed by atoms with Gasteiger partial charge in [0.15, 0.2) is 5.69 Å². The van der Waals surface area contributed by atoms with E-state index in [1.165, 1.54) is 0 Å². The van der Waals surface area contributed by atoms with Gasteiger partial charge in [0.05, 0.1) is 28.6 Å². The highest BCUT2D eigenvalue weighted by Gasteiger charge is 2.31. The van der Waals surface area contributed by atoms with Crippen molar-refractivity contribution in [1.82, 2.24) is 9.78 Å². The van der Waals surface area contributed by atoms with E-state index in [-0.39, 0.29) is 18.9 Å². The molecular formula is C19H13BrCl2N2O3. The summed E-state index contributed by atoms with van der Waals surface area (Å²) in [6, 6.07) is 10.8. The van der Waals surface area contributed by atoms with Gasteiger partial charge in [0.2, 0.25) is 0 Å². The molecule has 0 fully saturated rings. The minimum absolute atomic E-state index is 0.206. The lowest BCUT2D eigenvalue weighted by atomic mass is 10.0. The normalized spacial score (nSPS) is 12.1. The van der Waals surface area contributed by atoms with Gasteiger partial charge >= 0.3 is 5.97 Å². The SMILES string of the molecule is CCOC(=O)c1nn(-c2ccc(Cl)cc2Cl)c2c1COc1cc(Br)ccc1-2. The second-order valence-corrected chi connectivity index (χ2v) is 7.59.